The number of oxazole rings is 1. The van der Waals surface area contributed by atoms with Crippen LogP contribution in [0.2, 0.25) is 0 Å². The van der Waals surface area contributed by atoms with Crippen LogP contribution in [0, 0.1) is 0 Å². The Balaban J connectivity index is 1.36. The molecule has 2 amide bonds. The number of hydrogen-bond donors (Lipinski definition) is 2. The Kier molecular flexibility index (Phi) is 4.60. The molecule has 0 unspecified atom stereocenters. The molecule has 0 radical (unpaired) electrons. The minimum atomic E-state index is -0.546. The number of ether oxygens (including phenoxy) is 1. The molecule has 2 aromatic carbocycles. The predicted octanol–water partition coefficient (Wildman–Crippen LogP) is 2.73. The average Bonchev–Trinajstić information content (AvgIpc) is 2.98. The summed E-state index contributed by atoms with van der Waals surface area (Å²) in [5, 5.41) is 5.54. The van der Waals surface area contributed by atoms with E-state index in [1.807, 2.05) is 12.1 Å². The van der Waals surface area contributed by atoms with Crippen LogP contribution >= 0.6 is 0 Å². The fraction of sp³-hybridized carbons (Fsp3) is 0.250. The molecule has 3 aromatic rings. The molecule has 144 valence electrons. The van der Waals surface area contributed by atoms with Crippen molar-refractivity contribution < 1.29 is 18.7 Å². The number of aryl methyl sites for hydroxylation is 1. The summed E-state index contributed by atoms with van der Waals surface area (Å²) in [5.41, 5.74) is 2.34. The molecule has 8 heteroatoms. The van der Waals surface area contributed by atoms with E-state index < -0.39 is 11.9 Å². The number of aromatic nitrogens is 1. The molecule has 1 aliphatic rings. The molecule has 0 aliphatic carbocycles. The molecule has 28 heavy (non-hydrogen) atoms. The molecule has 0 saturated carbocycles. The number of nitrogens with one attached hydrogen (secondary N) is 2. The SMILES string of the molecule is C[C@H]1Oc2ccc(NC(=O)CCCn3c(=O)oc4ccccc43)cc2NC1=O. The van der Waals surface area contributed by atoms with Crippen molar-refractivity contribution in [2.45, 2.75) is 32.4 Å². The Bertz CT molecular complexity index is 1110. The lowest BCUT2D eigenvalue weighted by atomic mass is 10.2. The van der Waals surface area contributed by atoms with E-state index in [4.69, 9.17) is 9.15 Å². The summed E-state index contributed by atoms with van der Waals surface area (Å²) >= 11 is 0. The van der Waals surface area contributed by atoms with Gasteiger partial charge in [-0.2, -0.15) is 0 Å². The van der Waals surface area contributed by atoms with Crippen molar-refractivity contribution in [3.63, 3.8) is 0 Å². The highest BCUT2D eigenvalue weighted by Crippen LogP contribution is 2.32. The van der Waals surface area contributed by atoms with Crippen LogP contribution in [0.1, 0.15) is 19.8 Å². The first kappa shape index (κ1) is 17.8. The van der Waals surface area contributed by atoms with E-state index in [0.717, 1.165) is 0 Å². The topological polar surface area (TPSA) is 103 Å². The third-order valence-electron chi connectivity index (χ3n) is 4.55. The minimum Gasteiger partial charge on any atom is -0.479 e. The summed E-state index contributed by atoms with van der Waals surface area (Å²) in [4.78, 5) is 35.9. The number of benzene rings is 2. The predicted molar refractivity (Wildman–Crippen MR) is 103 cm³/mol. The Hall–Kier alpha value is -3.55. The van der Waals surface area contributed by atoms with E-state index in [0.29, 0.717) is 41.2 Å². The molecule has 1 aliphatic heterocycles. The van der Waals surface area contributed by atoms with E-state index in [1.165, 1.54) is 4.57 Å². The van der Waals surface area contributed by atoms with E-state index in [-0.39, 0.29) is 18.2 Å². The molecule has 4 rings (SSSR count). The zero-order chi connectivity index (χ0) is 19.7. The maximum atomic E-state index is 12.2. The molecular weight excluding hydrogens is 362 g/mol. The number of carbonyl (C=O) groups excluding carboxylic acids is 2. The van der Waals surface area contributed by atoms with Crippen molar-refractivity contribution in [1.29, 1.82) is 0 Å². The van der Waals surface area contributed by atoms with E-state index in [1.54, 1.807) is 37.3 Å². The van der Waals surface area contributed by atoms with Crippen molar-refractivity contribution >= 4 is 34.3 Å². The second kappa shape index (κ2) is 7.22. The third-order valence-corrected chi connectivity index (χ3v) is 4.55. The van der Waals surface area contributed by atoms with Gasteiger partial charge in [-0.15, -0.1) is 0 Å². The highest BCUT2D eigenvalue weighted by atomic mass is 16.5. The maximum Gasteiger partial charge on any atom is 0.419 e. The van der Waals surface area contributed by atoms with Gasteiger partial charge in [0.05, 0.1) is 11.2 Å². The van der Waals surface area contributed by atoms with Gasteiger partial charge < -0.3 is 19.8 Å². The van der Waals surface area contributed by atoms with Crippen LogP contribution < -0.4 is 21.1 Å². The largest absolute Gasteiger partial charge is 0.479 e. The van der Waals surface area contributed by atoms with Crippen molar-refractivity contribution in [1.82, 2.24) is 4.57 Å². The molecule has 1 aromatic heterocycles. The van der Waals surface area contributed by atoms with Crippen LogP contribution in [0.15, 0.2) is 51.7 Å². The van der Waals surface area contributed by atoms with Gasteiger partial charge in [-0.05, 0) is 43.7 Å². The zero-order valence-electron chi connectivity index (χ0n) is 15.2. The van der Waals surface area contributed by atoms with Gasteiger partial charge in [-0.1, -0.05) is 12.1 Å². The first-order chi connectivity index (χ1) is 13.5. The number of rotatable bonds is 5. The van der Waals surface area contributed by atoms with E-state index in [2.05, 4.69) is 10.6 Å². The second-order valence-electron chi connectivity index (χ2n) is 6.60. The third kappa shape index (κ3) is 3.48. The number of carbonyl (C=O) groups is 2. The van der Waals surface area contributed by atoms with Crippen LogP contribution in [0.25, 0.3) is 11.1 Å². The van der Waals surface area contributed by atoms with Gasteiger partial charge in [0.25, 0.3) is 5.91 Å². The Morgan fingerprint density at radius 1 is 1.21 bits per heavy atom. The van der Waals surface area contributed by atoms with Gasteiger partial charge in [0.2, 0.25) is 5.91 Å². The highest BCUT2D eigenvalue weighted by molar-refractivity contribution is 5.99. The lowest BCUT2D eigenvalue weighted by Crippen LogP contribution is -2.34. The zero-order valence-corrected chi connectivity index (χ0v) is 15.2. The van der Waals surface area contributed by atoms with Crippen molar-refractivity contribution in [2.24, 2.45) is 0 Å². The molecule has 8 nitrogen and oxygen atoms in total. The van der Waals surface area contributed by atoms with Crippen LogP contribution in [0.5, 0.6) is 5.75 Å². The molecular formula is C20H19N3O5. The van der Waals surface area contributed by atoms with Gasteiger partial charge in [-0.25, -0.2) is 4.79 Å². The van der Waals surface area contributed by atoms with E-state index >= 15 is 0 Å². The first-order valence-corrected chi connectivity index (χ1v) is 9.01. The van der Waals surface area contributed by atoms with Crippen LogP contribution in [0.3, 0.4) is 0 Å². The van der Waals surface area contributed by atoms with Crippen molar-refractivity contribution in [2.75, 3.05) is 10.6 Å². The molecule has 2 N–H and O–H groups in total. The second-order valence-corrected chi connectivity index (χ2v) is 6.60. The molecule has 0 saturated heterocycles. The number of amides is 2. The summed E-state index contributed by atoms with van der Waals surface area (Å²) < 4.78 is 12.2. The van der Waals surface area contributed by atoms with E-state index in [9.17, 15) is 14.4 Å². The Morgan fingerprint density at radius 3 is 2.89 bits per heavy atom. The molecule has 1 atom stereocenters. The number of anilines is 2. The summed E-state index contributed by atoms with van der Waals surface area (Å²) in [6.45, 7) is 2.05. The molecule has 0 bridgehead atoms. The number of fused-ring (bicyclic) bond motifs is 2. The van der Waals surface area contributed by atoms with Crippen molar-refractivity contribution in [3.05, 3.63) is 53.0 Å². The fourth-order valence-corrected chi connectivity index (χ4v) is 3.13. The van der Waals surface area contributed by atoms with Crippen molar-refractivity contribution in [3.8, 4) is 5.75 Å². The van der Waals surface area contributed by atoms with Crippen LogP contribution in [0.4, 0.5) is 11.4 Å². The first-order valence-electron chi connectivity index (χ1n) is 9.01. The normalized spacial score (nSPS) is 15.6. The standard InChI is InChI=1S/C20H19N3O5/c1-12-19(25)22-14-11-13(8-9-16(14)27-12)21-18(24)7-4-10-23-15-5-2-3-6-17(15)28-20(23)26/h2-3,5-6,8-9,11-12H,4,7,10H2,1H3,(H,21,24)(H,22,25)/t12-/m1/s1. The summed E-state index contributed by atoms with van der Waals surface area (Å²) in [6, 6.07) is 12.3. The number of hydrogen-bond acceptors (Lipinski definition) is 5. The lowest BCUT2D eigenvalue weighted by molar-refractivity contribution is -0.122. The average molecular weight is 381 g/mol. The maximum absolute atomic E-state index is 12.2. The Morgan fingerprint density at radius 2 is 2.04 bits per heavy atom. The van der Waals surface area contributed by atoms with Gasteiger partial charge in [0, 0.05) is 18.7 Å². The minimum absolute atomic E-state index is 0.183. The monoisotopic (exact) mass is 381 g/mol. The molecule has 2 heterocycles. The molecule has 0 fully saturated rings. The highest BCUT2D eigenvalue weighted by Gasteiger charge is 2.23. The quantitative estimate of drug-likeness (QED) is 0.707. The Labute approximate surface area is 160 Å². The van der Waals surface area contributed by atoms with Gasteiger partial charge >= 0.3 is 5.76 Å². The van der Waals surface area contributed by atoms with Gasteiger partial charge in [-0.3, -0.25) is 14.2 Å². The lowest BCUT2D eigenvalue weighted by Gasteiger charge is -2.23. The van der Waals surface area contributed by atoms with Crippen LogP contribution in [-0.2, 0) is 16.1 Å². The number of nitrogens with zero attached hydrogens (tertiary/aromatic N) is 1. The van der Waals surface area contributed by atoms with Gasteiger partial charge in [0.15, 0.2) is 11.7 Å². The van der Waals surface area contributed by atoms with Gasteiger partial charge in [0.1, 0.15) is 5.75 Å². The smallest absolute Gasteiger partial charge is 0.419 e. The summed E-state index contributed by atoms with van der Waals surface area (Å²) in [5.74, 6) is -0.274. The molecule has 0 spiro atoms. The van der Waals surface area contributed by atoms with Crippen LogP contribution in [-0.4, -0.2) is 22.5 Å². The number of para-hydroxylation sites is 2. The summed E-state index contributed by atoms with van der Waals surface area (Å²) in [6.07, 6.45) is 0.177. The fourth-order valence-electron chi connectivity index (χ4n) is 3.13. The summed E-state index contributed by atoms with van der Waals surface area (Å²) in [7, 11) is 0.